The van der Waals surface area contributed by atoms with Crippen molar-refractivity contribution in [2.75, 3.05) is 19.8 Å². The summed E-state index contributed by atoms with van der Waals surface area (Å²) in [5.74, 6) is -0.0570. The van der Waals surface area contributed by atoms with Gasteiger partial charge < -0.3 is 18.9 Å². The van der Waals surface area contributed by atoms with Gasteiger partial charge in [0.25, 0.3) is 0 Å². The van der Waals surface area contributed by atoms with E-state index in [1.807, 2.05) is 26.8 Å². The summed E-state index contributed by atoms with van der Waals surface area (Å²) in [5, 5.41) is 4.44. The van der Waals surface area contributed by atoms with Crippen LogP contribution in [0.3, 0.4) is 0 Å². The fourth-order valence-electron chi connectivity index (χ4n) is 4.01. The Kier molecular flexibility index (Phi) is 8.55. The van der Waals surface area contributed by atoms with Crippen molar-refractivity contribution in [1.82, 2.24) is 9.78 Å². The quantitative estimate of drug-likeness (QED) is 0.228. The highest BCUT2D eigenvalue weighted by Gasteiger charge is 2.32. The van der Waals surface area contributed by atoms with Crippen LogP contribution in [0, 0.1) is 6.92 Å². The number of carbonyl (C=O) groups is 1. The summed E-state index contributed by atoms with van der Waals surface area (Å²) in [6, 6.07) is 19.7. The summed E-state index contributed by atoms with van der Waals surface area (Å²) in [6.07, 6.45) is 0. The Hall–Kier alpha value is -4.31. The van der Waals surface area contributed by atoms with Crippen LogP contribution in [0.5, 0.6) is 23.1 Å². The highest BCUT2D eigenvalue weighted by molar-refractivity contribution is 7.91. The van der Waals surface area contributed by atoms with E-state index in [-0.39, 0.29) is 26.9 Å². The number of aryl methyl sites for hydroxylation is 1. The van der Waals surface area contributed by atoms with E-state index in [1.54, 1.807) is 49.4 Å². The van der Waals surface area contributed by atoms with Crippen LogP contribution < -0.4 is 18.9 Å². The molecular formula is C29H30N2O7S. The third-order valence-electron chi connectivity index (χ3n) is 5.62. The van der Waals surface area contributed by atoms with Gasteiger partial charge in [-0.05, 0) is 64.1 Å². The summed E-state index contributed by atoms with van der Waals surface area (Å²) >= 11 is 0. The number of para-hydroxylation sites is 1. The van der Waals surface area contributed by atoms with Gasteiger partial charge in [-0.25, -0.2) is 13.2 Å². The zero-order valence-corrected chi connectivity index (χ0v) is 23.0. The first kappa shape index (κ1) is 27.7. The number of hydrogen-bond donors (Lipinski definition) is 0. The van der Waals surface area contributed by atoms with Crippen molar-refractivity contribution in [2.24, 2.45) is 0 Å². The zero-order valence-electron chi connectivity index (χ0n) is 22.2. The van der Waals surface area contributed by atoms with Crippen molar-refractivity contribution in [2.45, 2.75) is 37.5 Å². The summed E-state index contributed by atoms with van der Waals surface area (Å²) < 4.78 is 51.8. The molecule has 0 bridgehead atoms. The van der Waals surface area contributed by atoms with Crippen molar-refractivity contribution in [3.8, 4) is 28.8 Å². The lowest BCUT2D eigenvalue weighted by Crippen LogP contribution is -2.15. The fraction of sp³-hybridized carbons (Fsp3) is 0.241. The van der Waals surface area contributed by atoms with E-state index in [0.717, 1.165) is 0 Å². The maximum absolute atomic E-state index is 13.7. The molecule has 10 heteroatoms. The van der Waals surface area contributed by atoms with E-state index in [4.69, 9.17) is 18.9 Å². The zero-order chi connectivity index (χ0) is 28.0. The van der Waals surface area contributed by atoms with E-state index in [0.29, 0.717) is 42.8 Å². The monoisotopic (exact) mass is 550 g/mol. The Labute approximate surface area is 227 Å². The van der Waals surface area contributed by atoms with Gasteiger partial charge in [0.15, 0.2) is 16.4 Å². The van der Waals surface area contributed by atoms with Gasteiger partial charge in [0, 0.05) is 0 Å². The van der Waals surface area contributed by atoms with E-state index in [2.05, 4.69) is 5.10 Å². The van der Waals surface area contributed by atoms with Crippen LogP contribution in [-0.2, 0) is 9.84 Å². The van der Waals surface area contributed by atoms with Crippen LogP contribution >= 0.6 is 0 Å². The highest BCUT2D eigenvalue weighted by Crippen LogP contribution is 2.40. The third kappa shape index (κ3) is 5.75. The van der Waals surface area contributed by atoms with Crippen molar-refractivity contribution in [3.05, 3.63) is 84.1 Å². The molecule has 39 heavy (non-hydrogen) atoms. The lowest BCUT2D eigenvalue weighted by atomic mass is 10.2. The molecule has 3 aromatic carbocycles. The fourth-order valence-corrected chi connectivity index (χ4v) is 5.54. The van der Waals surface area contributed by atoms with Crippen LogP contribution in [0.1, 0.15) is 36.8 Å². The summed E-state index contributed by atoms with van der Waals surface area (Å²) in [4.78, 5) is 13.4. The van der Waals surface area contributed by atoms with Crippen LogP contribution in [-0.4, -0.2) is 44.0 Å². The van der Waals surface area contributed by atoms with Gasteiger partial charge in [-0.3, -0.25) is 0 Å². The molecule has 0 fully saturated rings. The molecule has 0 unspecified atom stereocenters. The standard InChI is InChI=1S/C29H30N2O7S/c1-5-35-24-18-21(19-25(36-6-2)26(24)37-7-3)29(32)38-28-27(39(33,34)23-16-12-9-13-17-23)20(4)30-31(28)22-14-10-8-11-15-22/h8-19H,5-7H2,1-4H3. The van der Waals surface area contributed by atoms with E-state index < -0.39 is 15.8 Å². The van der Waals surface area contributed by atoms with Crippen molar-refractivity contribution >= 4 is 15.8 Å². The van der Waals surface area contributed by atoms with E-state index >= 15 is 0 Å². The Morgan fingerprint density at radius 2 is 1.36 bits per heavy atom. The second-order valence-corrected chi connectivity index (χ2v) is 10.2. The molecule has 1 aromatic heterocycles. The lowest BCUT2D eigenvalue weighted by molar-refractivity contribution is 0.0717. The molecule has 204 valence electrons. The molecule has 0 radical (unpaired) electrons. The molecule has 0 atom stereocenters. The SMILES string of the molecule is CCOc1cc(C(=O)Oc2c(S(=O)(=O)c3ccccc3)c(C)nn2-c2ccccc2)cc(OCC)c1OCC. The Bertz CT molecular complexity index is 1520. The van der Waals surface area contributed by atoms with Crippen molar-refractivity contribution in [1.29, 1.82) is 0 Å². The van der Waals surface area contributed by atoms with E-state index in [1.165, 1.54) is 28.9 Å². The second kappa shape index (κ2) is 12.0. The molecule has 0 spiro atoms. The number of carbonyl (C=O) groups excluding carboxylic acids is 1. The predicted octanol–water partition coefficient (Wildman–Crippen LogP) is 5.43. The van der Waals surface area contributed by atoms with Crippen molar-refractivity contribution < 1.29 is 32.2 Å². The molecule has 4 rings (SSSR count). The molecule has 0 aliphatic rings. The van der Waals surface area contributed by atoms with Gasteiger partial charge >= 0.3 is 5.97 Å². The van der Waals surface area contributed by atoms with Gasteiger partial charge in [0.05, 0.1) is 41.7 Å². The molecule has 0 saturated carbocycles. The number of nitrogens with zero attached hydrogens (tertiary/aromatic N) is 2. The molecular weight excluding hydrogens is 520 g/mol. The smallest absolute Gasteiger partial charge is 0.345 e. The van der Waals surface area contributed by atoms with Crippen molar-refractivity contribution in [3.63, 3.8) is 0 Å². The van der Waals surface area contributed by atoms with Crippen LogP contribution in [0.25, 0.3) is 5.69 Å². The number of ether oxygens (including phenoxy) is 4. The number of aromatic nitrogens is 2. The summed E-state index contributed by atoms with van der Waals surface area (Å²) in [7, 11) is -4.09. The van der Waals surface area contributed by atoms with Crippen LogP contribution in [0.15, 0.2) is 82.6 Å². The predicted molar refractivity (Wildman–Crippen MR) is 145 cm³/mol. The molecule has 0 N–H and O–H groups in total. The number of sulfone groups is 1. The Morgan fingerprint density at radius 3 is 1.90 bits per heavy atom. The van der Waals surface area contributed by atoms with Gasteiger partial charge in [-0.15, -0.1) is 0 Å². The largest absolute Gasteiger partial charge is 0.490 e. The number of hydrogen-bond acceptors (Lipinski definition) is 8. The average Bonchev–Trinajstić information content (AvgIpc) is 3.27. The van der Waals surface area contributed by atoms with E-state index in [9.17, 15) is 13.2 Å². The topological polar surface area (TPSA) is 106 Å². The maximum atomic E-state index is 13.7. The van der Waals surface area contributed by atoms with Gasteiger partial charge in [-0.1, -0.05) is 36.4 Å². The molecule has 0 aliphatic heterocycles. The maximum Gasteiger partial charge on any atom is 0.345 e. The first-order chi connectivity index (χ1) is 18.8. The lowest BCUT2D eigenvalue weighted by Gasteiger charge is -2.17. The molecule has 0 amide bonds. The number of rotatable bonds is 11. The molecule has 0 aliphatic carbocycles. The van der Waals surface area contributed by atoms with Crippen LogP contribution in [0.4, 0.5) is 0 Å². The van der Waals surface area contributed by atoms with Gasteiger partial charge in [-0.2, -0.15) is 9.78 Å². The minimum atomic E-state index is -4.09. The minimum Gasteiger partial charge on any atom is -0.490 e. The first-order valence-corrected chi connectivity index (χ1v) is 14.0. The number of esters is 1. The molecule has 9 nitrogen and oxygen atoms in total. The number of benzene rings is 3. The normalized spacial score (nSPS) is 11.2. The first-order valence-electron chi connectivity index (χ1n) is 12.6. The molecule has 4 aromatic rings. The third-order valence-corrected chi connectivity index (χ3v) is 7.52. The Morgan fingerprint density at radius 1 is 0.821 bits per heavy atom. The van der Waals surface area contributed by atoms with Crippen LogP contribution in [0.2, 0.25) is 0 Å². The Balaban J connectivity index is 1.87. The summed E-state index contributed by atoms with van der Waals surface area (Å²) in [6.45, 7) is 8.01. The second-order valence-electron chi connectivity index (χ2n) is 8.27. The summed E-state index contributed by atoms with van der Waals surface area (Å²) in [5.41, 5.74) is 0.795. The minimum absolute atomic E-state index is 0.0522. The molecule has 0 saturated heterocycles. The van der Waals surface area contributed by atoms with Gasteiger partial charge in [0.1, 0.15) is 0 Å². The average molecular weight is 551 g/mol. The van der Waals surface area contributed by atoms with Gasteiger partial charge in [0.2, 0.25) is 21.5 Å². The molecule has 1 heterocycles. The highest BCUT2D eigenvalue weighted by atomic mass is 32.2.